The number of hydrogen-bond acceptors (Lipinski definition) is 2. The lowest BCUT2D eigenvalue weighted by molar-refractivity contribution is 0.344. The first-order valence-corrected chi connectivity index (χ1v) is 5.65. The van der Waals surface area contributed by atoms with Gasteiger partial charge in [-0.25, -0.2) is 0 Å². The minimum absolute atomic E-state index is 0.704. The van der Waals surface area contributed by atoms with Gasteiger partial charge < -0.3 is 10.1 Å². The first-order valence-electron chi connectivity index (χ1n) is 5.65. The first-order chi connectivity index (χ1) is 7.86. The lowest BCUT2D eigenvalue weighted by Crippen LogP contribution is -2.05. The number of hydrogen-bond donors (Lipinski definition) is 1. The Hall–Kier alpha value is -1.54. The highest BCUT2D eigenvalue weighted by molar-refractivity contribution is 5.91. The van der Waals surface area contributed by atoms with Crippen LogP contribution in [0.2, 0.25) is 0 Å². The Morgan fingerprint density at radius 2 is 1.81 bits per heavy atom. The molecule has 0 saturated heterocycles. The second-order valence-corrected chi connectivity index (χ2v) is 3.73. The molecule has 0 aliphatic rings. The lowest BCUT2D eigenvalue weighted by Gasteiger charge is -2.11. The lowest BCUT2D eigenvalue weighted by atomic mass is 10.0. The molecule has 0 saturated carbocycles. The fraction of sp³-hybridized carbons (Fsp3) is 0.286. The number of ether oxygens (including phenoxy) is 1. The molecule has 0 spiro atoms. The van der Waals surface area contributed by atoms with Crippen LogP contribution in [0.4, 0.5) is 0 Å². The molecule has 16 heavy (non-hydrogen) atoms. The Kier molecular flexibility index (Phi) is 3.42. The highest BCUT2D eigenvalue weighted by Crippen LogP contribution is 2.28. The zero-order valence-corrected chi connectivity index (χ0v) is 9.79. The first kappa shape index (κ1) is 11.0. The molecule has 0 aliphatic heterocycles. The summed E-state index contributed by atoms with van der Waals surface area (Å²) in [6.45, 7) is 3.60. The number of nitrogens with one attached hydrogen (secondary N) is 1. The Morgan fingerprint density at radius 1 is 1.06 bits per heavy atom. The van der Waals surface area contributed by atoms with Crippen molar-refractivity contribution >= 4 is 10.8 Å². The second kappa shape index (κ2) is 4.99. The van der Waals surface area contributed by atoms with Crippen molar-refractivity contribution in [2.24, 2.45) is 0 Å². The van der Waals surface area contributed by atoms with Gasteiger partial charge in [-0.2, -0.15) is 0 Å². The summed E-state index contributed by atoms with van der Waals surface area (Å²) in [5.41, 5.74) is 1.31. The summed E-state index contributed by atoms with van der Waals surface area (Å²) in [6, 6.07) is 12.6. The van der Waals surface area contributed by atoms with Gasteiger partial charge in [0.1, 0.15) is 5.75 Å². The average molecular weight is 215 g/mol. The molecule has 0 radical (unpaired) electrons. The van der Waals surface area contributed by atoms with E-state index in [9.17, 15) is 0 Å². The molecule has 2 aromatic rings. The summed E-state index contributed by atoms with van der Waals surface area (Å²) in [6.07, 6.45) is 0. The van der Waals surface area contributed by atoms with Crippen LogP contribution in [0.15, 0.2) is 36.4 Å². The maximum atomic E-state index is 5.63. The van der Waals surface area contributed by atoms with Gasteiger partial charge in [-0.05, 0) is 31.0 Å². The van der Waals surface area contributed by atoms with Crippen LogP contribution in [-0.4, -0.2) is 13.7 Å². The van der Waals surface area contributed by atoms with Crippen molar-refractivity contribution in [3.63, 3.8) is 0 Å². The van der Waals surface area contributed by atoms with E-state index in [0.717, 1.165) is 12.3 Å². The number of benzene rings is 2. The van der Waals surface area contributed by atoms with Crippen molar-refractivity contribution in [1.29, 1.82) is 0 Å². The van der Waals surface area contributed by atoms with E-state index in [0.29, 0.717) is 6.61 Å². The molecule has 0 heterocycles. The Morgan fingerprint density at radius 3 is 2.50 bits per heavy atom. The molecule has 2 rings (SSSR count). The van der Waals surface area contributed by atoms with Crippen LogP contribution in [0.5, 0.6) is 5.75 Å². The quantitative estimate of drug-likeness (QED) is 0.846. The molecule has 1 N–H and O–H groups in total. The van der Waals surface area contributed by atoms with E-state index in [1.165, 1.54) is 16.3 Å². The fourth-order valence-electron chi connectivity index (χ4n) is 1.96. The molecule has 0 unspecified atom stereocenters. The van der Waals surface area contributed by atoms with Gasteiger partial charge in [-0.3, -0.25) is 0 Å². The van der Waals surface area contributed by atoms with Gasteiger partial charge >= 0.3 is 0 Å². The highest BCUT2D eigenvalue weighted by Gasteiger charge is 2.05. The van der Waals surface area contributed by atoms with Gasteiger partial charge in [0.2, 0.25) is 0 Å². The van der Waals surface area contributed by atoms with Gasteiger partial charge in [-0.1, -0.05) is 30.3 Å². The van der Waals surface area contributed by atoms with E-state index in [1.54, 1.807) is 0 Å². The van der Waals surface area contributed by atoms with Crippen molar-refractivity contribution in [3.05, 3.63) is 42.0 Å². The zero-order valence-electron chi connectivity index (χ0n) is 9.79. The minimum Gasteiger partial charge on any atom is -0.493 e. The zero-order chi connectivity index (χ0) is 11.4. The summed E-state index contributed by atoms with van der Waals surface area (Å²) < 4.78 is 5.63. The van der Waals surface area contributed by atoms with Gasteiger partial charge in [0.05, 0.1) is 6.61 Å². The van der Waals surface area contributed by atoms with E-state index in [4.69, 9.17) is 4.74 Å². The van der Waals surface area contributed by atoms with Crippen molar-refractivity contribution in [2.45, 2.75) is 13.5 Å². The smallest absolute Gasteiger partial charge is 0.127 e. The molecule has 0 aromatic heterocycles. The van der Waals surface area contributed by atoms with Crippen LogP contribution in [0, 0.1) is 0 Å². The molecule has 0 aliphatic carbocycles. The van der Waals surface area contributed by atoms with E-state index < -0.39 is 0 Å². The standard InChI is InChI=1S/C14H17NO/c1-3-16-14-9-8-11(10-15-2)12-6-4-5-7-13(12)14/h4-9,15H,3,10H2,1-2H3. The van der Waals surface area contributed by atoms with Gasteiger partial charge in [0.15, 0.2) is 0 Å². The molecule has 84 valence electrons. The number of rotatable bonds is 4. The third kappa shape index (κ3) is 2.02. The van der Waals surface area contributed by atoms with E-state index in [2.05, 4.69) is 35.6 Å². The Balaban J connectivity index is 2.57. The molecule has 0 fully saturated rings. The molecule has 2 aromatic carbocycles. The summed E-state index contributed by atoms with van der Waals surface area (Å²) >= 11 is 0. The molecular formula is C14H17NO. The van der Waals surface area contributed by atoms with Crippen LogP contribution in [0.3, 0.4) is 0 Å². The Labute approximate surface area is 96.2 Å². The van der Waals surface area contributed by atoms with E-state index in [-0.39, 0.29) is 0 Å². The van der Waals surface area contributed by atoms with Crippen molar-refractivity contribution in [2.75, 3.05) is 13.7 Å². The van der Waals surface area contributed by atoms with E-state index in [1.807, 2.05) is 20.0 Å². The summed E-state index contributed by atoms with van der Waals surface area (Å²) in [4.78, 5) is 0. The summed E-state index contributed by atoms with van der Waals surface area (Å²) in [5.74, 6) is 0.970. The molecule has 0 atom stereocenters. The molecule has 2 nitrogen and oxygen atoms in total. The van der Waals surface area contributed by atoms with Gasteiger partial charge in [0, 0.05) is 11.9 Å². The molecule has 0 amide bonds. The minimum atomic E-state index is 0.704. The van der Waals surface area contributed by atoms with Crippen LogP contribution in [0.25, 0.3) is 10.8 Å². The third-order valence-corrected chi connectivity index (χ3v) is 2.64. The van der Waals surface area contributed by atoms with Crippen molar-refractivity contribution < 1.29 is 4.74 Å². The summed E-state index contributed by atoms with van der Waals surface area (Å²) in [7, 11) is 1.96. The summed E-state index contributed by atoms with van der Waals surface area (Å²) in [5, 5.41) is 5.65. The molecular weight excluding hydrogens is 198 g/mol. The predicted molar refractivity (Wildman–Crippen MR) is 67.9 cm³/mol. The topological polar surface area (TPSA) is 21.3 Å². The average Bonchev–Trinajstić information content (AvgIpc) is 2.33. The monoisotopic (exact) mass is 215 g/mol. The third-order valence-electron chi connectivity index (χ3n) is 2.64. The maximum absolute atomic E-state index is 5.63. The predicted octanol–water partition coefficient (Wildman–Crippen LogP) is 2.96. The fourth-order valence-corrected chi connectivity index (χ4v) is 1.96. The SMILES string of the molecule is CCOc1ccc(CNC)c2ccccc12. The van der Waals surface area contributed by atoms with E-state index >= 15 is 0 Å². The number of fused-ring (bicyclic) bond motifs is 1. The molecule has 0 bridgehead atoms. The molecule has 2 heteroatoms. The second-order valence-electron chi connectivity index (χ2n) is 3.73. The normalized spacial score (nSPS) is 10.6. The largest absolute Gasteiger partial charge is 0.493 e. The van der Waals surface area contributed by atoms with Gasteiger partial charge in [-0.15, -0.1) is 0 Å². The van der Waals surface area contributed by atoms with Crippen LogP contribution < -0.4 is 10.1 Å². The highest BCUT2D eigenvalue weighted by atomic mass is 16.5. The van der Waals surface area contributed by atoms with Gasteiger partial charge in [0.25, 0.3) is 0 Å². The van der Waals surface area contributed by atoms with Crippen LogP contribution in [0.1, 0.15) is 12.5 Å². The van der Waals surface area contributed by atoms with Crippen molar-refractivity contribution in [3.8, 4) is 5.75 Å². The van der Waals surface area contributed by atoms with Crippen molar-refractivity contribution in [1.82, 2.24) is 5.32 Å². The van der Waals surface area contributed by atoms with Crippen LogP contribution in [-0.2, 0) is 6.54 Å². The Bertz CT molecular complexity index is 435. The maximum Gasteiger partial charge on any atom is 0.127 e. The van der Waals surface area contributed by atoms with Crippen LogP contribution >= 0.6 is 0 Å².